The molecule has 86 valence electrons. The molecule has 0 saturated heterocycles. The molecule has 0 fully saturated rings. The molecule has 0 unspecified atom stereocenters. The van der Waals surface area contributed by atoms with Crippen LogP contribution in [0.4, 0.5) is 0 Å². The third kappa shape index (κ3) is 1.56. The molecule has 0 amide bonds. The largest absolute Gasteiger partial charge is 0.461 e. The maximum Gasteiger partial charge on any atom is 0.361 e. The van der Waals surface area contributed by atoms with Crippen molar-refractivity contribution in [3.63, 3.8) is 0 Å². The van der Waals surface area contributed by atoms with Crippen LogP contribution < -0.4 is 0 Å². The highest BCUT2D eigenvalue weighted by molar-refractivity contribution is 6.00. The molecule has 0 spiro atoms. The van der Waals surface area contributed by atoms with Gasteiger partial charge in [-0.2, -0.15) is 10.2 Å². The van der Waals surface area contributed by atoms with Gasteiger partial charge in [0.25, 0.3) is 0 Å². The van der Waals surface area contributed by atoms with E-state index in [1.807, 2.05) is 13.8 Å². The first-order valence-corrected chi connectivity index (χ1v) is 5.24. The average Bonchev–Trinajstić information content (AvgIpc) is 2.76. The van der Waals surface area contributed by atoms with E-state index in [1.165, 1.54) is 0 Å². The number of hydrogen-bond donors (Lipinski definition) is 2. The second-order valence-corrected chi connectivity index (χ2v) is 3.81. The molecule has 0 saturated carbocycles. The van der Waals surface area contributed by atoms with E-state index >= 15 is 0 Å². The Morgan fingerprint density at radius 1 is 1.38 bits per heavy atom. The number of aromatic amines is 2. The predicted molar refractivity (Wildman–Crippen MR) is 58.3 cm³/mol. The highest BCUT2D eigenvalue weighted by atomic mass is 16.5. The second-order valence-electron chi connectivity index (χ2n) is 3.81. The minimum Gasteiger partial charge on any atom is -0.461 e. The van der Waals surface area contributed by atoms with Crippen LogP contribution in [-0.4, -0.2) is 33.0 Å². The molecule has 6 nitrogen and oxygen atoms in total. The van der Waals surface area contributed by atoms with Crippen molar-refractivity contribution in [2.45, 2.75) is 26.7 Å². The molecule has 16 heavy (non-hydrogen) atoms. The first-order chi connectivity index (χ1) is 7.65. The van der Waals surface area contributed by atoms with Crippen molar-refractivity contribution in [3.05, 3.63) is 11.4 Å². The third-order valence-electron chi connectivity index (χ3n) is 2.34. The van der Waals surface area contributed by atoms with Gasteiger partial charge in [0.2, 0.25) is 0 Å². The molecular formula is C10H14N4O2. The lowest BCUT2D eigenvalue weighted by molar-refractivity contribution is 0.0521. The van der Waals surface area contributed by atoms with Crippen LogP contribution in [-0.2, 0) is 4.74 Å². The average molecular weight is 222 g/mol. The van der Waals surface area contributed by atoms with Crippen LogP contribution in [0.2, 0.25) is 0 Å². The van der Waals surface area contributed by atoms with Crippen molar-refractivity contribution in [2.24, 2.45) is 0 Å². The Kier molecular flexibility index (Phi) is 2.64. The van der Waals surface area contributed by atoms with Crippen molar-refractivity contribution in [1.82, 2.24) is 20.4 Å². The van der Waals surface area contributed by atoms with E-state index < -0.39 is 5.97 Å². The fraction of sp³-hybridized carbons (Fsp3) is 0.500. The van der Waals surface area contributed by atoms with Crippen molar-refractivity contribution in [3.8, 4) is 0 Å². The van der Waals surface area contributed by atoms with Gasteiger partial charge in [-0.05, 0) is 12.8 Å². The topological polar surface area (TPSA) is 83.7 Å². The second kappa shape index (κ2) is 3.96. The lowest BCUT2D eigenvalue weighted by atomic mass is 10.1. The number of hydrogen-bond acceptors (Lipinski definition) is 4. The van der Waals surface area contributed by atoms with E-state index in [-0.39, 0.29) is 5.69 Å². The molecule has 0 aliphatic heterocycles. The van der Waals surface area contributed by atoms with Gasteiger partial charge in [0, 0.05) is 0 Å². The van der Waals surface area contributed by atoms with Gasteiger partial charge in [0.05, 0.1) is 12.3 Å². The Morgan fingerprint density at radius 2 is 2.12 bits per heavy atom. The Bertz CT molecular complexity index is 512. The minimum absolute atomic E-state index is 0.236. The quantitative estimate of drug-likeness (QED) is 0.772. The molecule has 0 atom stereocenters. The predicted octanol–water partition coefficient (Wildman–Crippen LogP) is 1.59. The number of nitrogens with one attached hydrogen (secondary N) is 2. The summed E-state index contributed by atoms with van der Waals surface area (Å²) < 4.78 is 4.89. The zero-order valence-electron chi connectivity index (χ0n) is 9.50. The molecule has 2 N–H and O–H groups in total. The SMILES string of the molecule is CCOC(=O)c1n[nH]c2c(C(C)C)[nH]nc12. The Labute approximate surface area is 92.4 Å². The highest BCUT2D eigenvalue weighted by Gasteiger charge is 2.20. The summed E-state index contributed by atoms with van der Waals surface area (Å²) in [5.74, 6) is -0.156. The van der Waals surface area contributed by atoms with Gasteiger partial charge in [0.1, 0.15) is 11.0 Å². The summed E-state index contributed by atoms with van der Waals surface area (Å²) in [4.78, 5) is 11.5. The summed E-state index contributed by atoms with van der Waals surface area (Å²) in [5.41, 5.74) is 2.50. The highest BCUT2D eigenvalue weighted by Crippen LogP contribution is 2.22. The van der Waals surface area contributed by atoms with Gasteiger partial charge in [-0.25, -0.2) is 4.79 Å². The van der Waals surface area contributed by atoms with Gasteiger partial charge in [-0.15, -0.1) is 0 Å². The maximum atomic E-state index is 11.5. The number of ether oxygens (including phenoxy) is 1. The molecule has 0 aliphatic rings. The van der Waals surface area contributed by atoms with E-state index in [1.54, 1.807) is 6.92 Å². The Balaban J connectivity index is 2.46. The number of carbonyl (C=O) groups excluding carboxylic acids is 1. The fourth-order valence-corrected chi connectivity index (χ4v) is 1.56. The van der Waals surface area contributed by atoms with E-state index in [2.05, 4.69) is 20.4 Å². The van der Waals surface area contributed by atoms with Gasteiger partial charge >= 0.3 is 5.97 Å². The number of rotatable bonds is 3. The molecule has 0 bridgehead atoms. The molecular weight excluding hydrogens is 208 g/mol. The minimum atomic E-state index is -0.449. The Hall–Kier alpha value is -1.85. The number of aromatic nitrogens is 4. The van der Waals surface area contributed by atoms with Crippen LogP contribution in [0, 0.1) is 0 Å². The molecule has 2 aromatic rings. The summed E-state index contributed by atoms with van der Waals surface area (Å²) in [6, 6.07) is 0. The zero-order valence-corrected chi connectivity index (χ0v) is 9.50. The first kappa shape index (κ1) is 10.7. The van der Waals surface area contributed by atoms with Crippen LogP contribution in [0.15, 0.2) is 0 Å². The summed E-state index contributed by atoms with van der Waals surface area (Å²) in [7, 11) is 0. The van der Waals surface area contributed by atoms with E-state index in [9.17, 15) is 4.79 Å². The smallest absolute Gasteiger partial charge is 0.361 e. The van der Waals surface area contributed by atoms with Crippen LogP contribution in [0.3, 0.4) is 0 Å². The number of H-pyrrole nitrogens is 2. The van der Waals surface area contributed by atoms with E-state index in [0.717, 1.165) is 11.2 Å². The van der Waals surface area contributed by atoms with Crippen molar-refractivity contribution in [2.75, 3.05) is 6.61 Å². The van der Waals surface area contributed by atoms with Crippen molar-refractivity contribution >= 4 is 17.0 Å². The maximum absolute atomic E-state index is 11.5. The summed E-state index contributed by atoms with van der Waals surface area (Å²) in [5, 5.41) is 13.7. The third-order valence-corrected chi connectivity index (χ3v) is 2.34. The fourth-order valence-electron chi connectivity index (χ4n) is 1.56. The lowest BCUT2D eigenvalue weighted by Gasteiger charge is -1.97. The molecule has 2 aromatic heterocycles. The molecule has 0 aromatic carbocycles. The standard InChI is InChI=1S/C10H14N4O2/c1-4-16-10(15)9-8-7(12-14-9)6(5(2)3)11-13-8/h5H,4H2,1-3H3,(H,11,13)(H,12,14). The Morgan fingerprint density at radius 3 is 2.75 bits per heavy atom. The van der Waals surface area contributed by atoms with E-state index in [4.69, 9.17) is 4.74 Å². The molecule has 0 aliphatic carbocycles. The molecule has 2 heterocycles. The van der Waals surface area contributed by atoms with Crippen LogP contribution in [0.1, 0.15) is 42.9 Å². The van der Waals surface area contributed by atoms with Crippen molar-refractivity contribution < 1.29 is 9.53 Å². The van der Waals surface area contributed by atoms with Gasteiger partial charge in [-0.1, -0.05) is 13.8 Å². The number of carbonyl (C=O) groups is 1. The van der Waals surface area contributed by atoms with Crippen LogP contribution in [0.5, 0.6) is 0 Å². The molecule has 6 heteroatoms. The zero-order chi connectivity index (χ0) is 11.7. The van der Waals surface area contributed by atoms with Crippen LogP contribution >= 0.6 is 0 Å². The monoisotopic (exact) mass is 222 g/mol. The van der Waals surface area contributed by atoms with Gasteiger partial charge in [-0.3, -0.25) is 10.2 Å². The molecule has 0 radical (unpaired) electrons. The lowest BCUT2D eigenvalue weighted by Crippen LogP contribution is -2.05. The molecule has 2 rings (SSSR count). The van der Waals surface area contributed by atoms with Gasteiger partial charge in [0.15, 0.2) is 5.69 Å². The first-order valence-electron chi connectivity index (χ1n) is 5.24. The normalized spacial score (nSPS) is 11.2. The van der Waals surface area contributed by atoms with E-state index in [0.29, 0.717) is 18.0 Å². The number of esters is 1. The van der Waals surface area contributed by atoms with Crippen LogP contribution in [0.25, 0.3) is 11.0 Å². The van der Waals surface area contributed by atoms with Crippen molar-refractivity contribution in [1.29, 1.82) is 0 Å². The van der Waals surface area contributed by atoms with Gasteiger partial charge < -0.3 is 4.74 Å². The summed E-state index contributed by atoms with van der Waals surface area (Å²) in [6.07, 6.45) is 0. The summed E-state index contributed by atoms with van der Waals surface area (Å²) in [6.45, 7) is 6.16. The number of nitrogens with zero attached hydrogens (tertiary/aromatic N) is 2. The number of fused-ring (bicyclic) bond motifs is 1. The summed E-state index contributed by atoms with van der Waals surface area (Å²) >= 11 is 0.